The average Bonchev–Trinajstić information content (AvgIpc) is 2.42. The molecule has 1 N–H and O–H groups in total. The molecule has 0 spiro atoms. The number of hydrogen-bond donors (Lipinski definition) is 1. The highest BCUT2D eigenvalue weighted by atomic mass is 16.5. The van der Waals surface area contributed by atoms with Crippen molar-refractivity contribution in [2.45, 2.75) is 38.7 Å². The van der Waals surface area contributed by atoms with Crippen molar-refractivity contribution in [3.05, 3.63) is 24.3 Å². The second-order valence-electron chi connectivity index (χ2n) is 4.86. The number of para-hydroxylation sites is 2. The molecular formula is C15H21NO3. The van der Waals surface area contributed by atoms with E-state index in [0.29, 0.717) is 0 Å². The minimum atomic E-state index is -0.410. The van der Waals surface area contributed by atoms with E-state index < -0.39 is 6.10 Å². The van der Waals surface area contributed by atoms with E-state index in [4.69, 9.17) is 9.84 Å². The Bertz CT molecular complexity index is 433. The summed E-state index contributed by atoms with van der Waals surface area (Å²) in [7, 11) is 0. The van der Waals surface area contributed by atoms with Gasteiger partial charge in [0.15, 0.2) is 6.10 Å². The molecule has 1 aromatic carbocycles. The summed E-state index contributed by atoms with van der Waals surface area (Å²) in [5, 5.41) is 8.74. The van der Waals surface area contributed by atoms with E-state index >= 15 is 0 Å². The van der Waals surface area contributed by atoms with Gasteiger partial charge in [-0.15, -0.1) is 0 Å². The van der Waals surface area contributed by atoms with Crippen LogP contribution in [0.3, 0.4) is 0 Å². The summed E-state index contributed by atoms with van der Waals surface area (Å²) in [4.78, 5) is 14.0. The summed E-state index contributed by atoms with van der Waals surface area (Å²) in [6, 6.07) is 7.66. The molecule has 0 fully saturated rings. The van der Waals surface area contributed by atoms with Gasteiger partial charge in [-0.2, -0.15) is 0 Å². The van der Waals surface area contributed by atoms with E-state index in [1.165, 1.54) is 0 Å². The van der Waals surface area contributed by atoms with E-state index in [1.807, 2.05) is 29.2 Å². The first-order valence-corrected chi connectivity index (χ1v) is 6.92. The van der Waals surface area contributed by atoms with Gasteiger partial charge < -0.3 is 14.7 Å². The van der Waals surface area contributed by atoms with Gasteiger partial charge in [-0.3, -0.25) is 4.79 Å². The molecule has 0 radical (unpaired) electrons. The number of benzene rings is 1. The summed E-state index contributed by atoms with van der Waals surface area (Å²) >= 11 is 0. The van der Waals surface area contributed by atoms with Crippen LogP contribution in [0.4, 0.5) is 5.69 Å². The SMILES string of the molecule is CC1Oc2ccccc2N(CCCCCCO)C1=O. The minimum absolute atomic E-state index is 0.0286. The van der Waals surface area contributed by atoms with Crippen LogP contribution < -0.4 is 9.64 Å². The molecular weight excluding hydrogens is 242 g/mol. The van der Waals surface area contributed by atoms with E-state index in [2.05, 4.69) is 0 Å². The smallest absolute Gasteiger partial charge is 0.267 e. The van der Waals surface area contributed by atoms with Crippen LogP contribution in [0, 0.1) is 0 Å². The van der Waals surface area contributed by atoms with Crippen LogP contribution in [-0.2, 0) is 4.79 Å². The van der Waals surface area contributed by atoms with Crippen molar-refractivity contribution in [3.8, 4) is 5.75 Å². The number of fused-ring (bicyclic) bond motifs is 1. The molecule has 0 saturated heterocycles. The summed E-state index contributed by atoms with van der Waals surface area (Å²) in [6.07, 6.45) is 3.41. The van der Waals surface area contributed by atoms with Crippen LogP contribution in [-0.4, -0.2) is 30.3 Å². The maximum Gasteiger partial charge on any atom is 0.267 e. The normalized spacial score (nSPS) is 18.1. The highest BCUT2D eigenvalue weighted by molar-refractivity contribution is 5.99. The lowest BCUT2D eigenvalue weighted by Gasteiger charge is -2.33. The van der Waals surface area contributed by atoms with Crippen molar-refractivity contribution in [1.29, 1.82) is 0 Å². The van der Waals surface area contributed by atoms with E-state index in [9.17, 15) is 4.79 Å². The summed E-state index contributed by atoms with van der Waals surface area (Å²) in [5.74, 6) is 0.811. The van der Waals surface area contributed by atoms with Gasteiger partial charge in [-0.1, -0.05) is 25.0 Å². The zero-order chi connectivity index (χ0) is 13.7. The van der Waals surface area contributed by atoms with Crippen molar-refractivity contribution < 1.29 is 14.6 Å². The number of ether oxygens (including phenoxy) is 1. The zero-order valence-electron chi connectivity index (χ0n) is 11.3. The summed E-state index contributed by atoms with van der Waals surface area (Å²) in [5.41, 5.74) is 0.868. The molecule has 1 unspecified atom stereocenters. The zero-order valence-corrected chi connectivity index (χ0v) is 11.3. The van der Waals surface area contributed by atoms with Crippen LogP contribution in [0.5, 0.6) is 5.75 Å². The molecule has 1 aliphatic rings. The second-order valence-corrected chi connectivity index (χ2v) is 4.86. The van der Waals surface area contributed by atoms with Crippen LogP contribution >= 0.6 is 0 Å². The van der Waals surface area contributed by atoms with Gasteiger partial charge in [0.1, 0.15) is 5.75 Å². The van der Waals surface area contributed by atoms with Gasteiger partial charge in [0.25, 0.3) is 5.91 Å². The van der Waals surface area contributed by atoms with Crippen LogP contribution in [0.1, 0.15) is 32.6 Å². The number of carbonyl (C=O) groups excluding carboxylic acids is 1. The van der Waals surface area contributed by atoms with Crippen molar-refractivity contribution in [2.24, 2.45) is 0 Å². The second kappa shape index (κ2) is 6.57. The predicted octanol–water partition coefficient (Wildman–Crippen LogP) is 2.35. The van der Waals surface area contributed by atoms with Crippen LogP contribution in [0.15, 0.2) is 24.3 Å². The molecule has 1 atom stereocenters. The largest absolute Gasteiger partial charge is 0.479 e. The molecule has 1 amide bonds. The number of unbranched alkanes of at least 4 members (excludes halogenated alkanes) is 3. The Morgan fingerprint density at radius 2 is 1.95 bits per heavy atom. The van der Waals surface area contributed by atoms with Crippen molar-refractivity contribution in [2.75, 3.05) is 18.1 Å². The van der Waals surface area contributed by atoms with Gasteiger partial charge in [-0.05, 0) is 31.9 Å². The fourth-order valence-corrected chi connectivity index (χ4v) is 2.32. The Hall–Kier alpha value is -1.55. The molecule has 1 aromatic rings. The number of hydrogen-bond acceptors (Lipinski definition) is 3. The molecule has 0 bridgehead atoms. The van der Waals surface area contributed by atoms with Crippen molar-refractivity contribution >= 4 is 11.6 Å². The topological polar surface area (TPSA) is 49.8 Å². The standard InChI is InChI=1S/C15H21NO3/c1-12-15(18)16(10-6-2-3-7-11-17)13-8-4-5-9-14(13)19-12/h4-5,8-9,12,17H,2-3,6-7,10-11H2,1H3. The molecule has 4 heteroatoms. The van der Waals surface area contributed by atoms with Crippen LogP contribution in [0.2, 0.25) is 0 Å². The number of rotatable bonds is 6. The van der Waals surface area contributed by atoms with E-state index in [0.717, 1.165) is 43.7 Å². The lowest BCUT2D eigenvalue weighted by atomic mass is 10.1. The third-order valence-corrected chi connectivity index (χ3v) is 3.36. The number of anilines is 1. The molecule has 0 aliphatic carbocycles. The Morgan fingerprint density at radius 1 is 1.21 bits per heavy atom. The molecule has 0 aromatic heterocycles. The molecule has 1 aliphatic heterocycles. The Morgan fingerprint density at radius 3 is 2.74 bits per heavy atom. The molecule has 4 nitrogen and oxygen atoms in total. The van der Waals surface area contributed by atoms with Gasteiger partial charge >= 0.3 is 0 Å². The van der Waals surface area contributed by atoms with E-state index in [-0.39, 0.29) is 12.5 Å². The van der Waals surface area contributed by atoms with Gasteiger partial charge in [-0.25, -0.2) is 0 Å². The average molecular weight is 263 g/mol. The molecule has 19 heavy (non-hydrogen) atoms. The lowest BCUT2D eigenvalue weighted by molar-refractivity contribution is -0.125. The number of aliphatic hydroxyl groups excluding tert-OH is 1. The Kier molecular flexibility index (Phi) is 4.80. The first-order chi connectivity index (χ1) is 9.24. The number of amides is 1. The number of aliphatic hydroxyl groups is 1. The quantitative estimate of drug-likeness (QED) is 0.801. The van der Waals surface area contributed by atoms with Crippen molar-refractivity contribution in [1.82, 2.24) is 0 Å². The monoisotopic (exact) mass is 263 g/mol. The fourth-order valence-electron chi connectivity index (χ4n) is 2.32. The predicted molar refractivity (Wildman–Crippen MR) is 74.4 cm³/mol. The van der Waals surface area contributed by atoms with Gasteiger partial charge in [0, 0.05) is 13.2 Å². The van der Waals surface area contributed by atoms with E-state index in [1.54, 1.807) is 6.92 Å². The number of carbonyl (C=O) groups is 1. The Balaban J connectivity index is 2.00. The van der Waals surface area contributed by atoms with Crippen LogP contribution in [0.25, 0.3) is 0 Å². The van der Waals surface area contributed by atoms with Crippen molar-refractivity contribution in [3.63, 3.8) is 0 Å². The Labute approximate surface area is 114 Å². The van der Waals surface area contributed by atoms with Gasteiger partial charge in [0.05, 0.1) is 5.69 Å². The maximum atomic E-state index is 12.2. The highest BCUT2D eigenvalue weighted by Crippen LogP contribution is 2.33. The molecule has 2 rings (SSSR count). The fraction of sp³-hybridized carbons (Fsp3) is 0.533. The lowest BCUT2D eigenvalue weighted by Crippen LogP contribution is -2.44. The summed E-state index contributed by atoms with van der Waals surface area (Å²) < 4.78 is 5.59. The molecule has 0 saturated carbocycles. The van der Waals surface area contributed by atoms with Gasteiger partial charge in [0.2, 0.25) is 0 Å². The highest BCUT2D eigenvalue weighted by Gasteiger charge is 2.30. The maximum absolute atomic E-state index is 12.2. The summed E-state index contributed by atoms with van der Waals surface area (Å²) in [6.45, 7) is 2.75. The minimum Gasteiger partial charge on any atom is -0.479 e. The molecule has 104 valence electrons. The first-order valence-electron chi connectivity index (χ1n) is 6.92. The first kappa shape index (κ1) is 13.9. The third-order valence-electron chi connectivity index (χ3n) is 3.36. The molecule has 1 heterocycles. The number of nitrogens with zero attached hydrogens (tertiary/aromatic N) is 1. The third kappa shape index (κ3) is 3.26.